The topological polar surface area (TPSA) is 9.23 Å². The van der Waals surface area contributed by atoms with Gasteiger partial charge in [-0.15, -0.1) is 0 Å². The Balaban J connectivity index is 1.27. The Morgan fingerprint density at radius 1 is 0.370 bits per heavy atom. The molecular formula is C45H28O. The molecule has 0 amide bonds. The van der Waals surface area contributed by atoms with E-state index in [2.05, 4.69) is 164 Å². The fourth-order valence-corrected chi connectivity index (χ4v) is 8.18. The summed E-state index contributed by atoms with van der Waals surface area (Å²) in [5, 5.41) is 4.88. The predicted molar refractivity (Wildman–Crippen MR) is 190 cm³/mol. The van der Waals surface area contributed by atoms with Gasteiger partial charge in [-0.3, -0.25) is 0 Å². The lowest BCUT2D eigenvalue weighted by Gasteiger charge is -2.34. The van der Waals surface area contributed by atoms with E-state index >= 15 is 0 Å². The molecule has 8 aromatic rings. The normalized spacial score (nSPS) is 15.7. The van der Waals surface area contributed by atoms with Crippen LogP contribution in [0.5, 0.6) is 11.5 Å². The average molecular weight is 585 g/mol. The van der Waals surface area contributed by atoms with Crippen molar-refractivity contribution in [2.45, 2.75) is 5.41 Å². The monoisotopic (exact) mass is 584 g/mol. The van der Waals surface area contributed by atoms with Gasteiger partial charge in [-0.05, 0) is 90.5 Å². The second-order valence-corrected chi connectivity index (χ2v) is 12.4. The number of hydrogen-bond acceptors (Lipinski definition) is 1. The molecule has 1 aliphatic carbocycles. The minimum Gasteiger partial charge on any atom is -0.456 e. The molecule has 1 aliphatic heterocycles. The van der Waals surface area contributed by atoms with Gasteiger partial charge in [0, 0.05) is 10.9 Å². The highest BCUT2D eigenvalue weighted by molar-refractivity contribution is 6.10. The molecule has 1 atom stereocenters. The third-order valence-corrected chi connectivity index (χ3v) is 10.1. The fourth-order valence-electron chi connectivity index (χ4n) is 8.18. The van der Waals surface area contributed by atoms with Crippen molar-refractivity contribution in [1.82, 2.24) is 0 Å². The molecule has 10 rings (SSSR count). The molecule has 0 bridgehead atoms. The summed E-state index contributed by atoms with van der Waals surface area (Å²) in [6, 6.07) is 62.2. The van der Waals surface area contributed by atoms with Gasteiger partial charge in [0.2, 0.25) is 0 Å². The maximum Gasteiger partial charge on any atom is 0.135 e. The first-order chi connectivity index (χ1) is 22.8. The van der Waals surface area contributed by atoms with Crippen molar-refractivity contribution in [1.29, 1.82) is 0 Å². The Bertz CT molecular complexity index is 2510. The van der Waals surface area contributed by atoms with Gasteiger partial charge in [-0.2, -0.15) is 0 Å². The summed E-state index contributed by atoms with van der Waals surface area (Å²) in [5.74, 6) is 1.82. The number of rotatable bonds is 3. The highest BCUT2D eigenvalue weighted by atomic mass is 16.5. The zero-order valence-electron chi connectivity index (χ0n) is 25.1. The molecule has 2 aliphatic rings. The van der Waals surface area contributed by atoms with E-state index < -0.39 is 5.41 Å². The molecular weight excluding hydrogens is 556 g/mol. The van der Waals surface area contributed by atoms with E-state index in [0.717, 1.165) is 17.1 Å². The van der Waals surface area contributed by atoms with Crippen LogP contribution in [-0.2, 0) is 5.41 Å². The second kappa shape index (κ2) is 9.54. The quantitative estimate of drug-likeness (QED) is 0.201. The van der Waals surface area contributed by atoms with Crippen LogP contribution >= 0.6 is 0 Å². The van der Waals surface area contributed by atoms with Crippen LogP contribution < -0.4 is 4.74 Å². The summed E-state index contributed by atoms with van der Waals surface area (Å²) in [5.41, 5.74) is 12.1. The summed E-state index contributed by atoms with van der Waals surface area (Å²) in [6.45, 7) is 0. The largest absolute Gasteiger partial charge is 0.456 e. The van der Waals surface area contributed by atoms with E-state index in [1.54, 1.807) is 0 Å². The Hall–Kier alpha value is -5.92. The summed E-state index contributed by atoms with van der Waals surface area (Å²) < 4.78 is 6.44. The van der Waals surface area contributed by atoms with Crippen LogP contribution in [0.3, 0.4) is 0 Å². The van der Waals surface area contributed by atoms with Crippen molar-refractivity contribution < 1.29 is 4.74 Å². The van der Waals surface area contributed by atoms with Crippen LogP contribution in [0.15, 0.2) is 170 Å². The molecule has 0 saturated heterocycles. The zero-order chi connectivity index (χ0) is 30.2. The lowest BCUT2D eigenvalue weighted by Crippen LogP contribution is -2.28. The van der Waals surface area contributed by atoms with Gasteiger partial charge in [0.1, 0.15) is 11.5 Å². The molecule has 0 radical (unpaired) electrons. The van der Waals surface area contributed by atoms with Crippen LogP contribution in [0.2, 0.25) is 0 Å². The van der Waals surface area contributed by atoms with Crippen molar-refractivity contribution in [3.63, 3.8) is 0 Å². The van der Waals surface area contributed by atoms with Gasteiger partial charge in [0.05, 0.1) is 5.41 Å². The lowest BCUT2D eigenvalue weighted by molar-refractivity contribution is 0.487. The molecule has 0 aromatic heterocycles. The first kappa shape index (κ1) is 25.4. The Morgan fingerprint density at radius 2 is 1.07 bits per heavy atom. The van der Waals surface area contributed by atoms with Gasteiger partial charge < -0.3 is 4.74 Å². The molecule has 1 unspecified atom stereocenters. The van der Waals surface area contributed by atoms with E-state index in [1.807, 2.05) is 6.07 Å². The number of para-hydroxylation sites is 1. The summed E-state index contributed by atoms with van der Waals surface area (Å²) in [6.07, 6.45) is 0. The smallest absolute Gasteiger partial charge is 0.135 e. The maximum atomic E-state index is 6.44. The average Bonchev–Trinajstić information content (AvgIpc) is 3.42. The molecule has 8 aromatic carbocycles. The van der Waals surface area contributed by atoms with Crippen molar-refractivity contribution in [2.24, 2.45) is 0 Å². The molecule has 214 valence electrons. The van der Waals surface area contributed by atoms with Crippen LogP contribution in [0.4, 0.5) is 0 Å². The highest BCUT2D eigenvalue weighted by Gasteiger charge is 2.46. The van der Waals surface area contributed by atoms with Gasteiger partial charge in [-0.1, -0.05) is 146 Å². The molecule has 1 heteroatoms. The van der Waals surface area contributed by atoms with Crippen molar-refractivity contribution >= 4 is 21.5 Å². The van der Waals surface area contributed by atoms with Crippen LogP contribution in [0.25, 0.3) is 54.9 Å². The Morgan fingerprint density at radius 3 is 1.98 bits per heavy atom. The number of fused-ring (bicyclic) bond motifs is 6. The summed E-state index contributed by atoms with van der Waals surface area (Å²) in [4.78, 5) is 0. The fraction of sp³-hybridized carbons (Fsp3) is 0.0222. The second-order valence-electron chi connectivity index (χ2n) is 12.4. The van der Waals surface area contributed by atoms with E-state index in [0.29, 0.717) is 0 Å². The maximum absolute atomic E-state index is 6.44. The van der Waals surface area contributed by atoms with Gasteiger partial charge >= 0.3 is 0 Å². The Kier molecular flexibility index (Phi) is 5.27. The first-order valence-corrected chi connectivity index (χ1v) is 15.9. The predicted octanol–water partition coefficient (Wildman–Crippen LogP) is 11.8. The number of benzene rings is 8. The molecule has 1 nitrogen and oxygen atoms in total. The standard InChI is InChI=1S/C45H28O/c1-2-13-32(14-3-1)45(33-23-21-29-11-4-5-12-30(29)27-33)40-18-8-6-15-35(40)36-24-22-31(28-41(36)45)34-25-26-39-37-16-7-9-19-42(37)46-43-20-10-17-38(34)44(39)43/h1-28H. The Labute approximate surface area is 268 Å². The minimum atomic E-state index is -0.471. The van der Waals surface area contributed by atoms with Gasteiger partial charge in [0.15, 0.2) is 0 Å². The van der Waals surface area contributed by atoms with Gasteiger partial charge in [0.25, 0.3) is 0 Å². The summed E-state index contributed by atoms with van der Waals surface area (Å²) >= 11 is 0. The summed E-state index contributed by atoms with van der Waals surface area (Å²) in [7, 11) is 0. The van der Waals surface area contributed by atoms with Crippen LogP contribution in [0, 0.1) is 0 Å². The van der Waals surface area contributed by atoms with E-state index in [9.17, 15) is 0 Å². The molecule has 46 heavy (non-hydrogen) atoms. The molecule has 1 heterocycles. The molecule has 0 spiro atoms. The first-order valence-electron chi connectivity index (χ1n) is 15.9. The minimum absolute atomic E-state index is 0.471. The van der Waals surface area contributed by atoms with E-state index in [-0.39, 0.29) is 0 Å². The third-order valence-electron chi connectivity index (χ3n) is 10.1. The lowest BCUT2D eigenvalue weighted by atomic mass is 9.67. The van der Waals surface area contributed by atoms with Crippen molar-refractivity contribution in [3.8, 4) is 44.9 Å². The van der Waals surface area contributed by atoms with Crippen molar-refractivity contribution in [2.75, 3.05) is 0 Å². The van der Waals surface area contributed by atoms with E-state index in [1.165, 1.54) is 71.6 Å². The van der Waals surface area contributed by atoms with Crippen molar-refractivity contribution in [3.05, 3.63) is 192 Å². The SMILES string of the molecule is c1ccc(C2(c3ccc4ccccc4c3)c3ccccc3-c3ccc(-c4ccc5c6c(cccc46)Oc4ccccc4-5)cc32)cc1. The number of hydrogen-bond donors (Lipinski definition) is 0. The zero-order valence-corrected chi connectivity index (χ0v) is 25.1. The number of ether oxygens (including phenoxy) is 1. The highest BCUT2D eigenvalue weighted by Crippen LogP contribution is 2.57. The van der Waals surface area contributed by atoms with Crippen LogP contribution in [0.1, 0.15) is 22.3 Å². The van der Waals surface area contributed by atoms with Crippen LogP contribution in [-0.4, -0.2) is 0 Å². The molecule has 0 N–H and O–H groups in total. The third kappa shape index (κ3) is 3.40. The van der Waals surface area contributed by atoms with Gasteiger partial charge in [-0.25, -0.2) is 0 Å². The van der Waals surface area contributed by atoms with E-state index in [4.69, 9.17) is 4.74 Å². The molecule has 0 fully saturated rings. The molecule has 0 saturated carbocycles.